The van der Waals surface area contributed by atoms with Gasteiger partial charge in [0.25, 0.3) is 0 Å². The molecular formula is C2H2O6Zr. The fourth-order valence-corrected chi connectivity index (χ4v) is 0.0745. The summed E-state index contributed by atoms with van der Waals surface area (Å²) in [5.41, 5.74) is 0. The minimum Gasteiger partial charge on any atom is -0.288 e. The molecule has 0 unspecified atom stereocenters. The summed E-state index contributed by atoms with van der Waals surface area (Å²) < 4.78 is 0. The molecule has 0 amide bonds. The van der Waals surface area contributed by atoms with E-state index in [4.69, 9.17) is 10.5 Å². The van der Waals surface area contributed by atoms with Crippen LogP contribution in [-0.4, -0.2) is 22.5 Å². The van der Waals surface area contributed by atoms with Crippen LogP contribution in [0.15, 0.2) is 0 Å². The van der Waals surface area contributed by atoms with Crippen molar-refractivity contribution in [1.29, 1.82) is 0 Å². The van der Waals surface area contributed by atoms with Crippen LogP contribution in [0.2, 0.25) is 0 Å². The minimum atomic E-state index is -1.67. The number of hydrogen-bond acceptors (Lipinski definition) is 6. The Morgan fingerprint density at radius 1 is 1.00 bits per heavy atom. The van der Waals surface area contributed by atoms with Crippen molar-refractivity contribution >= 4 is 11.9 Å². The number of carbonyl (C=O) groups is 2. The summed E-state index contributed by atoms with van der Waals surface area (Å²) in [7, 11) is 0. The molecule has 0 saturated carbocycles. The van der Waals surface area contributed by atoms with Crippen molar-refractivity contribution in [2.45, 2.75) is 0 Å². The Morgan fingerprint density at radius 2 is 1.22 bits per heavy atom. The summed E-state index contributed by atoms with van der Waals surface area (Å²) in [4.78, 5) is 24.9. The van der Waals surface area contributed by atoms with Gasteiger partial charge in [-0.1, -0.05) is 0 Å². The summed E-state index contributed by atoms with van der Waals surface area (Å²) in [5, 5.41) is 14.7. The first-order valence-corrected chi connectivity index (χ1v) is 1.43. The van der Waals surface area contributed by atoms with Gasteiger partial charge in [0.15, 0.2) is 0 Å². The monoisotopic (exact) mass is 212 g/mol. The molecule has 0 aromatic rings. The first-order chi connectivity index (χ1) is 3.72. The second-order valence-electron chi connectivity index (χ2n) is 0.757. The Morgan fingerprint density at radius 3 is 1.33 bits per heavy atom. The van der Waals surface area contributed by atoms with Crippen LogP contribution in [0, 0.1) is 0 Å². The van der Waals surface area contributed by atoms with Crippen molar-refractivity contribution in [3.63, 3.8) is 0 Å². The molecule has 0 heterocycles. The van der Waals surface area contributed by atoms with E-state index >= 15 is 0 Å². The smallest absolute Gasteiger partial charge is 0.288 e. The van der Waals surface area contributed by atoms with E-state index in [9.17, 15) is 9.59 Å². The average molecular weight is 213 g/mol. The molecule has 0 aromatic carbocycles. The Kier molecular flexibility index (Phi) is 7.52. The molecule has 0 aromatic heterocycles. The molecule has 0 aliphatic heterocycles. The molecule has 0 radical (unpaired) electrons. The average Bonchev–Trinajstić information content (AvgIpc) is 1.84. The molecule has 2 N–H and O–H groups in total. The van der Waals surface area contributed by atoms with Gasteiger partial charge in [0.05, 0.1) is 0 Å². The Bertz CT molecular complexity index is 95.6. The Balaban J connectivity index is 0. The van der Waals surface area contributed by atoms with Gasteiger partial charge in [-0.3, -0.25) is 9.78 Å². The molecule has 50 valence electrons. The van der Waals surface area contributed by atoms with Gasteiger partial charge in [0, 0.05) is 26.2 Å². The van der Waals surface area contributed by atoms with Crippen molar-refractivity contribution in [2.24, 2.45) is 0 Å². The van der Waals surface area contributed by atoms with Crippen LogP contribution in [0.25, 0.3) is 0 Å². The molecule has 0 atom stereocenters. The summed E-state index contributed by atoms with van der Waals surface area (Å²) in [6, 6.07) is 0. The minimum absolute atomic E-state index is 0. The van der Waals surface area contributed by atoms with E-state index in [1.54, 1.807) is 0 Å². The van der Waals surface area contributed by atoms with E-state index in [1.807, 2.05) is 0 Å². The second kappa shape index (κ2) is 5.87. The molecule has 6 nitrogen and oxygen atoms in total. The van der Waals surface area contributed by atoms with E-state index < -0.39 is 11.9 Å². The molecule has 0 bridgehead atoms. The first-order valence-electron chi connectivity index (χ1n) is 1.43. The Hall–Kier alpha value is -0.257. The molecule has 0 spiro atoms. The summed E-state index contributed by atoms with van der Waals surface area (Å²) in [6.45, 7) is 0. The van der Waals surface area contributed by atoms with Crippen LogP contribution in [0.3, 0.4) is 0 Å². The van der Waals surface area contributed by atoms with Gasteiger partial charge in [-0.25, -0.2) is 9.59 Å². The number of hydrogen-bond donors (Lipinski definition) is 2. The molecule has 0 aliphatic rings. The van der Waals surface area contributed by atoms with Gasteiger partial charge >= 0.3 is 11.9 Å². The van der Waals surface area contributed by atoms with Crippen molar-refractivity contribution in [2.75, 3.05) is 0 Å². The largest absolute Gasteiger partial charge is 0.452 e. The van der Waals surface area contributed by atoms with Gasteiger partial charge < -0.3 is 0 Å². The van der Waals surface area contributed by atoms with Gasteiger partial charge in [-0.15, -0.1) is 0 Å². The van der Waals surface area contributed by atoms with E-state index in [2.05, 4.69) is 9.78 Å². The van der Waals surface area contributed by atoms with E-state index in [0.717, 1.165) is 0 Å². The molecule has 0 rings (SSSR count). The fraction of sp³-hybridized carbons (Fsp3) is 0. The van der Waals surface area contributed by atoms with Gasteiger partial charge in [-0.05, 0) is 0 Å². The van der Waals surface area contributed by atoms with Crippen LogP contribution in [0.4, 0.5) is 0 Å². The van der Waals surface area contributed by atoms with Crippen LogP contribution in [0.1, 0.15) is 0 Å². The third-order valence-corrected chi connectivity index (χ3v) is 0.332. The maximum absolute atomic E-state index is 9.64. The van der Waals surface area contributed by atoms with Crippen LogP contribution >= 0.6 is 0 Å². The van der Waals surface area contributed by atoms with Crippen molar-refractivity contribution in [3.8, 4) is 0 Å². The molecule has 9 heavy (non-hydrogen) atoms. The van der Waals surface area contributed by atoms with Crippen molar-refractivity contribution in [1.82, 2.24) is 0 Å². The first kappa shape index (κ1) is 11.5. The topological polar surface area (TPSA) is 93.1 Å². The number of carbonyl (C=O) groups excluding carboxylic acids is 2. The van der Waals surface area contributed by atoms with Crippen LogP contribution in [0.5, 0.6) is 0 Å². The third-order valence-electron chi connectivity index (χ3n) is 0.332. The van der Waals surface area contributed by atoms with Crippen LogP contribution in [-0.2, 0) is 45.6 Å². The molecule has 0 fully saturated rings. The maximum Gasteiger partial charge on any atom is 0.452 e. The van der Waals surface area contributed by atoms with E-state index in [1.165, 1.54) is 0 Å². The zero-order valence-corrected chi connectivity index (χ0v) is 6.49. The third kappa shape index (κ3) is 4.26. The fourth-order valence-electron chi connectivity index (χ4n) is 0.0745. The normalized spacial score (nSPS) is 6.89. The zero-order valence-electron chi connectivity index (χ0n) is 4.03. The summed E-state index contributed by atoms with van der Waals surface area (Å²) >= 11 is 0. The summed E-state index contributed by atoms with van der Waals surface area (Å²) in [5.74, 6) is -3.35. The predicted molar refractivity (Wildman–Crippen MR) is 17.4 cm³/mol. The maximum atomic E-state index is 9.64. The zero-order chi connectivity index (χ0) is 6.57. The van der Waals surface area contributed by atoms with Crippen molar-refractivity contribution < 1.29 is 56.1 Å². The second-order valence-corrected chi connectivity index (χ2v) is 0.757. The van der Waals surface area contributed by atoms with Gasteiger partial charge in [-0.2, -0.15) is 10.5 Å². The summed E-state index contributed by atoms with van der Waals surface area (Å²) in [6.07, 6.45) is 0. The van der Waals surface area contributed by atoms with Crippen molar-refractivity contribution in [3.05, 3.63) is 0 Å². The molecule has 0 aliphatic carbocycles. The molecular weight excluding hydrogens is 211 g/mol. The van der Waals surface area contributed by atoms with Gasteiger partial charge in [0.2, 0.25) is 0 Å². The quantitative estimate of drug-likeness (QED) is 0.305. The van der Waals surface area contributed by atoms with E-state index in [0.29, 0.717) is 0 Å². The van der Waals surface area contributed by atoms with E-state index in [-0.39, 0.29) is 26.2 Å². The Labute approximate surface area is 68.3 Å². The molecule has 0 saturated heterocycles. The van der Waals surface area contributed by atoms with Crippen LogP contribution < -0.4 is 0 Å². The predicted octanol–water partition coefficient (Wildman–Crippen LogP) is -0.984. The SMILES string of the molecule is O=C(OO)C(=O)OO.[Zr]. The van der Waals surface area contributed by atoms with Gasteiger partial charge in [0.1, 0.15) is 0 Å². The molecule has 7 heteroatoms. The standard InChI is InChI=1S/C2H2O6.Zr/c3-1(7-5)2(4)8-6;/h5-6H;. The number of rotatable bonds is 0.